The minimum Gasteiger partial charge on any atom is -0.382 e. The van der Waals surface area contributed by atoms with Gasteiger partial charge < -0.3 is 10.1 Å². The number of hydrogen-bond acceptors (Lipinski definition) is 2. The maximum atomic E-state index is 5.32. The third-order valence-electron chi connectivity index (χ3n) is 3.05. The van der Waals surface area contributed by atoms with E-state index in [9.17, 15) is 0 Å². The Morgan fingerprint density at radius 2 is 1.89 bits per heavy atom. The summed E-state index contributed by atoms with van der Waals surface area (Å²) in [5, 5.41) is 3.55. The van der Waals surface area contributed by atoms with Crippen molar-refractivity contribution in [3.8, 4) is 0 Å². The summed E-state index contributed by atoms with van der Waals surface area (Å²) in [6.07, 6.45) is 0. The zero-order chi connectivity index (χ0) is 13.7. The van der Waals surface area contributed by atoms with Crippen LogP contribution in [0.1, 0.15) is 17.2 Å². The number of rotatable bonds is 5. The third kappa shape index (κ3) is 3.82. The number of anilines is 1. The highest BCUT2D eigenvalue weighted by Gasteiger charge is 2.11. The lowest BCUT2D eigenvalue weighted by Gasteiger charge is -2.21. The van der Waals surface area contributed by atoms with Gasteiger partial charge in [-0.05, 0) is 36.2 Å². The van der Waals surface area contributed by atoms with Gasteiger partial charge in [-0.3, -0.25) is 0 Å². The van der Waals surface area contributed by atoms with Crippen molar-refractivity contribution in [3.63, 3.8) is 0 Å². The highest BCUT2D eigenvalue weighted by molar-refractivity contribution is 9.10. The molecule has 3 heteroatoms. The van der Waals surface area contributed by atoms with Gasteiger partial charge in [0.2, 0.25) is 0 Å². The smallest absolute Gasteiger partial charge is 0.0747 e. The molecule has 0 saturated heterocycles. The van der Waals surface area contributed by atoms with E-state index < -0.39 is 0 Å². The molecule has 0 aromatic heterocycles. The summed E-state index contributed by atoms with van der Waals surface area (Å²) >= 11 is 3.49. The monoisotopic (exact) mass is 319 g/mol. The Balaban J connectivity index is 2.21. The predicted octanol–water partition coefficient (Wildman–Crippen LogP) is 4.56. The van der Waals surface area contributed by atoms with Gasteiger partial charge in [-0.25, -0.2) is 0 Å². The molecule has 19 heavy (non-hydrogen) atoms. The highest BCUT2D eigenvalue weighted by atomic mass is 79.9. The standard InChI is InChI=1S/C16H18BrNO/c1-12-10-14(17)8-9-15(12)18-16(11-19-2)13-6-4-3-5-7-13/h3-10,16,18H,11H2,1-2H3. The van der Waals surface area contributed by atoms with Gasteiger partial charge in [0.05, 0.1) is 12.6 Å². The summed E-state index contributed by atoms with van der Waals surface area (Å²) in [6, 6.07) is 16.8. The van der Waals surface area contributed by atoms with Gasteiger partial charge in [0, 0.05) is 17.3 Å². The number of nitrogens with one attached hydrogen (secondary N) is 1. The number of ether oxygens (including phenoxy) is 1. The minimum atomic E-state index is 0.158. The molecule has 0 aliphatic carbocycles. The van der Waals surface area contributed by atoms with Gasteiger partial charge in [-0.2, -0.15) is 0 Å². The van der Waals surface area contributed by atoms with E-state index in [4.69, 9.17) is 4.74 Å². The molecular weight excluding hydrogens is 302 g/mol. The predicted molar refractivity (Wildman–Crippen MR) is 83.6 cm³/mol. The van der Waals surface area contributed by atoms with E-state index in [-0.39, 0.29) is 6.04 Å². The molecule has 0 aliphatic heterocycles. The molecule has 0 fully saturated rings. The van der Waals surface area contributed by atoms with Crippen molar-refractivity contribution in [1.29, 1.82) is 0 Å². The molecule has 1 atom stereocenters. The van der Waals surface area contributed by atoms with Crippen LogP contribution in [0.4, 0.5) is 5.69 Å². The number of hydrogen-bond donors (Lipinski definition) is 1. The SMILES string of the molecule is COCC(Nc1ccc(Br)cc1C)c1ccccc1. The summed E-state index contributed by atoms with van der Waals surface area (Å²) in [7, 11) is 1.73. The maximum absolute atomic E-state index is 5.32. The number of halogens is 1. The van der Waals surface area contributed by atoms with Gasteiger partial charge in [0.15, 0.2) is 0 Å². The van der Waals surface area contributed by atoms with Crippen LogP contribution in [0.25, 0.3) is 0 Å². The largest absolute Gasteiger partial charge is 0.382 e. The summed E-state index contributed by atoms with van der Waals surface area (Å²) < 4.78 is 6.42. The Kier molecular flexibility index (Phi) is 5.00. The maximum Gasteiger partial charge on any atom is 0.0747 e. The van der Waals surface area contributed by atoms with Gasteiger partial charge in [0.25, 0.3) is 0 Å². The lowest BCUT2D eigenvalue weighted by atomic mass is 10.1. The van der Waals surface area contributed by atoms with Gasteiger partial charge in [0.1, 0.15) is 0 Å². The number of benzene rings is 2. The molecule has 0 radical (unpaired) electrons. The lowest BCUT2D eigenvalue weighted by Crippen LogP contribution is -2.16. The van der Waals surface area contributed by atoms with Crippen LogP contribution in [0.15, 0.2) is 53.0 Å². The summed E-state index contributed by atoms with van der Waals surface area (Å²) in [5.41, 5.74) is 3.58. The summed E-state index contributed by atoms with van der Waals surface area (Å²) in [4.78, 5) is 0. The first-order valence-corrected chi connectivity index (χ1v) is 7.06. The molecule has 2 nitrogen and oxygen atoms in total. The molecular formula is C16H18BrNO. The molecule has 0 heterocycles. The van der Waals surface area contributed by atoms with Crippen LogP contribution in [0.3, 0.4) is 0 Å². The second-order valence-electron chi connectivity index (χ2n) is 4.52. The molecule has 1 unspecified atom stereocenters. The normalized spacial score (nSPS) is 12.2. The van der Waals surface area contributed by atoms with Crippen LogP contribution < -0.4 is 5.32 Å². The van der Waals surface area contributed by atoms with Crippen molar-refractivity contribution in [2.75, 3.05) is 19.0 Å². The minimum absolute atomic E-state index is 0.158. The molecule has 0 spiro atoms. The molecule has 2 rings (SSSR count). The van der Waals surface area contributed by atoms with Crippen molar-refractivity contribution in [1.82, 2.24) is 0 Å². The molecule has 0 aliphatic rings. The van der Waals surface area contributed by atoms with Crippen LogP contribution in [-0.2, 0) is 4.74 Å². The Morgan fingerprint density at radius 1 is 1.16 bits per heavy atom. The highest BCUT2D eigenvalue weighted by Crippen LogP contribution is 2.25. The second-order valence-corrected chi connectivity index (χ2v) is 5.44. The van der Waals surface area contributed by atoms with Crippen LogP contribution in [-0.4, -0.2) is 13.7 Å². The van der Waals surface area contributed by atoms with Gasteiger partial charge in [-0.1, -0.05) is 46.3 Å². The zero-order valence-corrected chi connectivity index (χ0v) is 12.8. The van der Waals surface area contributed by atoms with Crippen LogP contribution in [0.2, 0.25) is 0 Å². The van der Waals surface area contributed by atoms with E-state index in [2.05, 4.69) is 52.4 Å². The fraction of sp³-hybridized carbons (Fsp3) is 0.250. The molecule has 100 valence electrons. The van der Waals surface area contributed by atoms with Crippen LogP contribution in [0.5, 0.6) is 0 Å². The van der Waals surface area contributed by atoms with Gasteiger partial charge >= 0.3 is 0 Å². The van der Waals surface area contributed by atoms with E-state index in [0.29, 0.717) is 6.61 Å². The topological polar surface area (TPSA) is 21.3 Å². The van der Waals surface area contributed by atoms with Crippen LogP contribution >= 0.6 is 15.9 Å². The average Bonchev–Trinajstić information content (AvgIpc) is 2.42. The van der Waals surface area contributed by atoms with Crippen LogP contribution in [0, 0.1) is 6.92 Å². The lowest BCUT2D eigenvalue weighted by molar-refractivity contribution is 0.186. The van der Waals surface area contributed by atoms with E-state index in [1.165, 1.54) is 11.1 Å². The first kappa shape index (κ1) is 14.1. The second kappa shape index (κ2) is 6.73. The molecule has 0 amide bonds. The molecule has 2 aromatic rings. The summed E-state index contributed by atoms with van der Waals surface area (Å²) in [6.45, 7) is 2.74. The number of aryl methyl sites for hydroxylation is 1. The third-order valence-corrected chi connectivity index (χ3v) is 3.55. The van der Waals surface area contributed by atoms with E-state index in [1.807, 2.05) is 24.3 Å². The zero-order valence-electron chi connectivity index (χ0n) is 11.2. The quantitative estimate of drug-likeness (QED) is 0.872. The first-order valence-electron chi connectivity index (χ1n) is 6.27. The van der Waals surface area contributed by atoms with E-state index >= 15 is 0 Å². The van der Waals surface area contributed by atoms with E-state index in [0.717, 1.165) is 10.2 Å². The Morgan fingerprint density at radius 3 is 2.53 bits per heavy atom. The Hall–Kier alpha value is -1.32. The first-order chi connectivity index (χ1) is 9.20. The fourth-order valence-corrected chi connectivity index (χ4v) is 2.53. The fourth-order valence-electron chi connectivity index (χ4n) is 2.05. The van der Waals surface area contributed by atoms with Crippen molar-refractivity contribution < 1.29 is 4.74 Å². The average molecular weight is 320 g/mol. The van der Waals surface area contributed by atoms with Crippen molar-refractivity contribution >= 4 is 21.6 Å². The molecule has 2 aromatic carbocycles. The Bertz CT molecular complexity index is 528. The van der Waals surface area contributed by atoms with Crippen molar-refractivity contribution in [2.24, 2.45) is 0 Å². The molecule has 1 N–H and O–H groups in total. The molecule has 0 saturated carbocycles. The molecule has 0 bridgehead atoms. The Labute approximate surface area is 122 Å². The van der Waals surface area contributed by atoms with E-state index in [1.54, 1.807) is 7.11 Å². The van der Waals surface area contributed by atoms with Gasteiger partial charge in [-0.15, -0.1) is 0 Å². The van der Waals surface area contributed by atoms with Crippen molar-refractivity contribution in [2.45, 2.75) is 13.0 Å². The summed E-state index contributed by atoms with van der Waals surface area (Å²) in [5.74, 6) is 0. The van der Waals surface area contributed by atoms with Crippen molar-refractivity contribution in [3.05, 3.63) is 64.1 Å². The number of methoxy groups -OCH3 is 1.